The molecular formula is C19H26N2O2. The van der Waals surface area contributed by atoms with Gasteiger partial charge in [-0.05, 0) is 42.4 Å². The highest BCUT2D eigenvalue weighted by molar-refractivity contribution is 5.69. The molecule has 0 fully saturated rings. The Labute approximate surface area is 138 Å². The van der Waals surface area contributed by atoms with Gasteiger partial charge in [0.15, 0.2) is 0 Å². The molecule has 23 heavy (non-hydrogen) atoms. The second-order valence-corrected chi connectivity index (χ2v) is 7.49. The molecular weight excluding hydrogens is 288 g/mol. The third kappa shape index (κ3) is 3.81. The third-order valence-corrected chi connectivity index (χ3v) is 4.20. The summed E-state index contributed by atoms with van der Waals surface area (Å²) < 4.78 is 1.27. The first kappa shape index (κ1) is 17.3. The minimum atomic E-state index is -0.982. The van der Waals surface area contributed by atoms with Gasteiger partial charge in [-0.3, -0.25) is 0 Å². The number of carbonyl (C=O) groups is 1. The lowest BCUT2D eigenvalue weighted by Crippen LogP contribution is -2.14. The molecule has 2 rings (SSSR count). The van der Waals surface area contributed by atoms with Crippen molar-refractivity contribution in [2.45, 2.75) is 53.9 Å². The van der Waals surface area contributed by atoms with Crippen LogP contribution in [0.3, 0.4) is 0 Å². The number of benzene rings is 1. The number of imidazole rings is 1. The fourth-order valence-electron chi connectivity index (χ4n) is 2.91. The van der Waals surface area contributed by atoms with Crippen molar-refractivity contribution in [2.75, 3.05) is 0 Å². The van der Waals surface area contributed by atoms with Gasteiger partial charge in [-0.25, -0.2) is 14.3 Å². The number of hydrogen-bond acceptors (Lipinski definition) is 2. The van der Waals surface area contributed by atoms with Crippen LogP contribution in [0, 0.1) is 19.3 Å². The van der Waals surface area contributed by atoms with Crippen LogP contribution in [0.25, 0.3) is 0 Å². The zero-order chi connectivity index (χ0) is 17.4. The molecule has 0 aliphatic carbocycles. The van der Waals surface area contributed by atoms with Crippen molar-refractivity contribution in [3.63, 3.8) is 0 Å². The molecule has 0 saturated heterocycles. The van der Waals surface area contributed by atoms with Crippen molar-refractivity contribution < 1.29 is 9.90 Å². The normalized spacial score (nSPS) is 13.1. The second-order valence-electron chi connectivity index (χ2n) is 7.49. The zero-order valence-corrected chi connectivity index (χ0v) is 14.8. The van der Waals surface area contributed by atoms with Gasteiger partial charge in [-0.2, -0.15) is 0 Å². The molecule has 0 aliphatic heterocycles. The summed E-state index contributed by atoms with van der Waals surface area (Å²) in [5.41, 5.74) is 4.42. The lowest BCUT2D eigenvalue weighted by molar-refractivity contribution is 0.195. The van der Waals surface area contributed by atoms with Gasteiger partial charge in [-0.1, -0.05) is 45.9 Å². The molecule has 0 unspecified atom stereocenters. The molecule has 0 amide bonds. The highest BCUT2D eigenvalue weighted by Gasteiger charge is 2.23. The Hall–Kier alpha value is -2.10. The summed E-state index contributed by atoms with van der Waals surface area (Å²) in [4.78, 5) is 16.3. The number of nitrogens with zero attached hydrogens (tertiary/aromatic N) is 2. The Kier molecular flexibility index (Phi) is 4.64. The van der Waals surface area contributed by atoms with Crippen molar-refractivity contribution in [3.05, 3.63) is 52.6 Å². The Morgan fingerprint density at radius 1 is 1.30 bits per heavy atom. The van der Waals surface area contributed by atoms with Crippen LogP contribution >= 0.6 is 0 Å². The maximum absolute atomic E-state index is 11.6. The highest BCUT2D eigenvalue weighted by Crippen LogP contribution is 2.29. The van der Waals surface area contributed by atoms with Crippen molar-refractivity contribution in [1.82, 2.24) is 9.55 Å². The van der Waals surface area contributed by atoms with Gasteiger partial charge in [0.05, 0.1) is 5.69 Å². The van der Waals surface area contributed by atoms with Gasteiger partial charge >= 0.3 is 6.09 Å². The molecule has 4 heteroatoms. The minimum Gasteiger partial charge on any atom is -0.464 e. The smallest absolute Gasteiger partial charge is 0.417 e. The van der Waals surface area contributed by atoms with E-state index in [1.54, 1.807) is 6.20 Å². The molecule has 0 aliphatic rings. The van der Waals surface area contributed by atoms with E-state index in [9.17, 15) is 9.90 Å². The van der Waals surface area contributed by atoms with Gasteiger partial charge in [0, 0.05) is 12.1 Å². The molecule has 0 bridgehead atoms. The molecule has 1 N–H and O–H groups in total. The number of aromatic nitrogens is 2. The number of aryl methyl sites for hydroxylation is 1. The van der Waals surface area contributed by atoms with Crippen LogP contribution in [-0.4, -0.2) is 20.8 Å². The first-order valence-corrected chi connectivity index (χ1v) is 7.97. The maximum Gasteiger partial charge on any atom is 0.417 e. The van der Waals surface area contributed by atoms with Crippen LogP contribution in [0.4, 0.5) is 4.79 Å². The Morgan fingerprint density at radius 2 is 1.96 bits per heavy atom. The third-order valence-electron chi connectivity index (χ3n) is 4.20. The summed E-state index contributed by atoms with van der Waals surface area (Å²) in [6.45, 7) is 12.5. The predicted octanol–water partition coefficient (Wildman–Crippen LogP) is 4.77. The Morgan fingerprint density at radius 3 is 2.52 bits per heavy atom. The van der Waals surface area contributed by atoms with Crippen LogP contribution in [0.2, 0.25) is 0 Å². The van der Waals surface area contributed by atoms with E-state index in [4.69, 9.17) is 0 Å². The van der Waals surface area contributed by atoms with Crippen molar-refractivity contribution >= 4 is 6.09 Å². The predicted molar refractivity (Wildman–Crippen MR) is 92.2 cm³/mol. The van der Waals surface area contributed by atoms with Crippen molar-refractivity contribution in [1.29, 1.82) is 0 Å². The van der Waals surface area contributed by atoms with E-state index in [-0.39, 0.29) is 11.3 Å². The van der Waals surface area contributed by atoms with Gasteiger partial charge in [0.25, 0.3) is 0 Å². The summed E-state index contributed by atoms with van der Waals surface area (Å²) in [5, 5.41) is 9.52. The van der Waals surface area contributed by atoms with Crippen LogP contribution in [0.1, 0.15) is 61.8 Å². The van der Waals surface area contributed by atoms with Crippen molar-refractivity contribution in [3.8, 4) is 0 Å². The van der Waals surface area contributed by atoms with Gasteiger partial charge < -0.3 is 5.11 Å². The van der Waals surface area contributed by atoms with Gasteiger partial charge in [0.1, 0.15) is 5.82 Å². The van der Waals surface area contributed by atoms with E-state index >= 15 is 0 Å². The Bertz CT molecular complexity index is 723. The van der Waals surface area contributed by atoms with Crippen LogP contribution in [0.15, 0.2) is 24.4 Å². The molecule has 0 radical (unpaired) electrons. The van der Waals surface area contributed by atoms with E-state index < -0.39 is 6.09 Å². The minimum absolute atomic E-state index is 0.0669. The van der Waals surface area contributed by atoms with Gasteiger partial charge in [0.2, 0.25) is 0 Å². The molecule has 4 nitrogen and oxygen atoms in total. The average Bonchev–Trinajstić information content (AvgIpc) is 2.83. The molecule has 1 aromatic carbocycles. The molecule has 2 aromatic rings. The monoisotopic (exact) mass is 314 g/mol. The first-order valence-electron chi connectivity index (χ1n) is 7.97. The summed E-state index contributed by atoms with van der Waals surface area (Å²) in [6.07, 6.45) is 1.43. The summed E-state index contributed by atoms with van der Waals surface area (Å²) in [7, 11) is 0. The number of hydrogen-bond donors (Lipinski definition) is 1. The largest absolute Gasteiger partial charge is 0.464 e. The van der Waals surface area contributed by atoms with E-state index in [1.165, 1.54) is 15.7 Å². The maximum atomic E-state index is 11.6. The second kappa shape index (κ2) is 6.19. The van der Waals surface area contributed by atoms with Crippen LogP contribution in [-0.2, 0) is 6.42 Å². The first-order chi connectivity index (χ1) is 10.6. The fraction of sp³-hybridized carbons (Fsp3) is 0.474. The highest BCUT2D eigenvalue weighted by atomic mass is 16.4. The quantitative estimate of drug-likeness (QED) is 0.888. The topological polar surface area (TPSA) is 55.1 Å². The molecule has 1 aromatic heterocycles. The van der Waals surface area contributed by atoms with E-state index in [2.05, 4.69) is 51.7 Å². The molecule has 1 heterocycles. The summed E-state index contributed by atoms with van der Waals surface area (Å²) in [5.74, 6) is 0.519. The molecule has 124 valence electrons. The number of carboxylic acid groups (broad SMARTS) is 1. The SMILES string of the molecule is Cc1cccc([C@H](C)c2nc(CC(C)(C)C)cn2C(=O)O)c1C. The molecule has 0 saturated carbocycles. The summed E-state index contributed by atoms with van der Waals surface area (Å²) >= 11 is 0. The van der Waals surface area contributed by atoms with Gasteiger partial charge in [-0.15, -0.1) is 0 Å². The Balaban J connectivity index is 2.48. The van der Waals surface area contributed by atoms with Crippen LogP contribution < -0.4 is 0 Å². The van der Waals surface area contributed by atoms with E-state index in [0.29, 0.717) is 5.82 Å². The number of rotatable bonds is 3. The lowest BCUT2D eigenvalue weighted by atomic mass is 9.91. The zero-order valence-electron chi connectivity index (χ0n) is 14.8. The van der Waals surface area contributed by atoms with Crippen LogP contribution in [0.5, 0.6) is 0 Å². The fourth-order valence-corrected chi connectivity index (χ4v) is 2.91. The molecule has 0 spiro atoms. The van der Waals surface area contributed by atoms with E-state index in [0.717, 1.165) is 17.7 Å². The van der Waals surface area contributed by atoms with Crippen molar-refractivity contribution in [2.24, 2.45) is 5.41 Å². The average molecular weight is 314 g/mol. The molecule has 1 atom stereocenters. The lowest BCUT2D eigenvalue weighted by Gasteiger charge is -2.16. The standard InChI is InChI=1S/C19H26N2O2/c1-12-8-7-9-16(13(12)2)14(3)17-20-15(10-19(4,5)6)11-21(17)18(22)23/h7-9,11,14H,10H2,1-6H3,(H,22,23)/t14-/m0/s1. The van der Waals surface area contributed by atoms with E-state index in [1.807, 2.05) is 13.0 Å². The summed E-state index contributed by atoms with van der Waals surface area (Å²) in [6, 6.07) is 6.13.